The fourth-order valence-corrected chi connectivity index (χ4v) is 2.15. The number of hydrogen-bond acceptors (Lipinski definition) is 3. The van der Waals surface area contributed by atoms with Gasteiger partial charge in [0.05, 0.1) is 5.88 Å². The minimum Gasteiger partial charge on any atom is -0.345 e. The van der Waals surface area contributed by atoms with Crippen LogP contribution in [0.5, 0.6) is 0 Å². The van der Waals surface area contributed by atoms with E-state index in [0.29, 0.717) is 5.88 Å². The Morgan fingerprint density at radius 2 is 2.21 bits per heavy atom. The van der Waals surface area contributed by atoms with Crippen molar-refractivity contribution in [2.24, 2.45) is 0 Å². The van der Waals surface area contributed by atoms with Crippen LogP contribution in [0.3, 0.4) is 0 Å². The third kappa shape index (κ3) is 2.27. The molecule has 0 bridgehead atoms. The van der Waals surface area contributed by atoms with Gasteiger partial charge in [-0.3, -0.25) is 10.1 Å². The first kappa shape index (κ1) is 9.55. The molecule has 1 aromatic rings. The lowest BCUT2D eigenvalue weighted by atomic mass is 10.2. The van der Waals surface area contributed by atoms with Crippen molar-refractivity contribution in [3.05, 3.63) is 35.9 Å². The van der Waals surface area contributed by atoms with Crippen molar-refractivity contribution in [3.63, 3.8) is 0 Å². The molecule has 1 aliphatic heterocycles. The molecular formula is C10H12N2OS. The fourth-order valence-electron chi connectivity index (χ4n) is 1.32. The SMILES string of the molecule is O=C1NCSC1NCc1ccccc1. The molecule has 1 atom stereocenters. The summed E-state index contributed by atoms with van der Waals surface area (Å²) in [6.07, 6.45) is 0. The zero-order valence-corrected chi connectivity index (χ0v) is 8.51. The molecule has 2 N–H and O–H groups in total. The lowest BCUT2D eigenvalue weighted by Crippen LogP contribution is -2.34. The van der Waals surface area contributed by atoms with Crippen LogP contribution in [0.4, 0.5) is 0 Å². The first-order valence-electron chi connectivity index (χ1n) is 4.53. The highest BCUT2D eigenvalue weighted by Crippen LogP contribution is 2.13. The van der Waals surface area contributed by atoms with Gasteiger partial charge in [-0.05, 0) is 5.56 Å². The largest absolute Gasteiger partial charge is 0.345 e. The molecule has 0 aromatic heterocycles. The van der Waals surface area contributed by atoms with E-state index in [4.69, 9.17) is 0 Å². The van der Waals surface area contributed by atoms with E-state index in [-0.39, 0.29) is 11.3 Å². The predicted octanol–water partition coefficient (Wildman–Crippen LogP) is 0.923. The summed E-state index contributed by atoms with van der Waals surface area (Å²) >= 11 is 1.60. The third-order valence-corrected chi connectivity index (χ3v) is 3.09. The summed E-state index contributed by atoms with van der Waals surface area (Å²) in [5, 5.41) is 5.88. The summed E-state index contributed by atoms with van der Waals surface area (Å²) in [6.45, 7) is 0.742. The van der Waals surface area contributed by atoms with Gasteiger partial charge < -0.3 is 5.32 Å². The van der Waals surface area contributed by atoms with Crippen LogP contribution < -0.4 is 10.6 Å². The average molecular weight is 208 g/mol. The first-order chi connectivity index (χ1) is 6.86. The summed E-state index contributed by atoms with van der Waals surface area (Å²) < 4.78 is 0. The monoisotopic (exact) mass is 208 g/mol. The van der Waals surface area contributed by atoms with E-state index in [0.717, 1.165) is 6.54 Å². The number of amides is 1. The molecule has 1 aliphatic rings. The number of nitrogens with one attached hydrogen (secondary N) is 2. The van der Waals surface area contributed by atoms with Gasteiger partial charge in [0.15, 0.2) is 0 Å². The van der Waals surface area contributed by atoms with Crippen molar-refractivity contribution in [1.82, 2.24) is 10.6 Å². The highest BCUT2D eigenvalue weighted by molar-refractivity contribution is 8.01. The number of carbonyl (C=O) groups is 1. The van der Waals surface area contributed by atoms with Gasteiger partial charge >= 0.3 is 0 Å². The molecule has 1 unspecified atom stereocenters. The predicted molar refractivity (Wildman–Crippen MR) is 57.7 cm³/mol. The van der Waals surface area contributed by atoms with Gasteiger partial charge in [0.1, 0.15) is 5.37 Å². The zero-order chi connectivity index (χ0) is 9.80. The Balaban J connectivity index is 1.85. The topological polar surface area (TPSA) is 41.1 Å². The summed E-state index contributed by atoms with van der Waals surface area (Å²) in [5.41, 5.74) is 1.20. The molecule has 0 aliphatic carbocycles. The summed E-state index contributed by atoms with van der Waals surface area (Å²) in [5.74, 6) is 0.802. The molecule has 0 radical (unpaired) electrons. The van der Waals surface area contributed by atoms with E-state index in [2.05, 4.69) is 10.6 Å². The summed E-state index contributed by atoms with van der Waals surface area (Å²) in [4.78, 5) is 11.2. The van der Waals surface area contributed by atoms with Crippen molar-refractivity contribution in [2.75, 3.05) is 5.88 Å². The molecular weight excluding hydrogens is 196 g/mol. The second-order valence-electron chi connectivity index (χ2n) is 3.10. The number of thioether (sulfide) groups is 1. The number of carbonyl (C=O) groups excluding carboxylic acids is 1. The maximum atomic E-state index is 11.2. The number of rotatable bonds is 3. The normalized spacial score (nSPS) is 20.9. The van der Waals surface area contributed by atoms with Crippen LogP contribution in [0.1, 0.15) is 5.56 Å². The van der Waals surface area contributed by atoms with Crippen LogP contribution in [0.15, 0.2) is 30.3 Å². The molecule has 1 fully saturated rings. The molecule has 74 valence electrons. The lowest BCUT2D eigenvalue weighted by Gasteiger charge is -2.08. The Kier molecular flexibility index (Phi) is 3.06. The lowest BCUT2D eigenvalue weighted by molar-refractivity contribution is -0.120. The zero-order valence-electron chi connectivity index (χ0n) is 7.69. The molecule has 1 heterocycles. The van der Waals surface area contributed by atoms with Gasteiger partial charge in [0.2, 0.25) is 5.91 Å². The number of hydrogen-bond donors (Lipinski definition) is 2. The van der Waals surface area contributed by atoms with E-state index in [1.807, 2.05) is 30.3 Å². The summed E-state index contributed by atoms with van der Waals surface area (Å²) in [6, 6.07) is 10.1. The fraction of sp³-hybridized carbons (Fsp3) is 0.300. The van der Waals surface area contributed by atoms with Gasteiger partial charge in [-0.25, -0.2) is 0 Å². The van der Waals surface area contributed by atoms with Crippen LogP contribution in [0.2, 0.25) is 0 Å². The van der Waals surface area contributed by atoms with Gasteiger partial charge in [-0.2, -0.15) is 0 Å². The van der Waals surface area contributed by atoms with E-state index in [1.54, 1.807) is 11.8 Å². The van der Waals surface area contributed by atoms with Gasteiger partial charge in [0, 0.05) is 6.54 Å². The van der Waals surface area contributed by atoms with Crippen molar-refractivity contribution in [1.29, 1.82) is 0 Å². The molecule has 1 amide bonds. The Labute approximate surface area is 87.3 Å². The van der Waals surface area contributed by atoms with Crippen LogP contribution in [0, 0.1) is 0 Å². The quantitative estimate of drug-likeness (QED) is 0.776. The van der Waals surface area contributed by atoms with E-state index >= 15 is 0 Å². The highest BCUT2D eigenvalue weighted by Gasteiger charge is 2.23. The van der Waals surface area contributed by atoms with Crippen LogP contribution in [0.25, 0.3) is 0 Å². The molecule has 0 saturated carbocycles. The van der Waals surface area contributed by atoms with Crippen molar-refractivity contribution in [3.8, 4) is 0 Å². The van der Waals surface area contributed by atoms with Crippen molar-refractivity contribution < 1.29 is 4.79 Å². The smallest absolute Gasteiger partial charge is 0.248 e. The van der Waals surface area contributed by atoms with Gasteiger partial charge in [0.25, 0.3) is 0 Å². The second-order valence-corrected chi connectivity index (χ2v) is 4.19. The maximum absolute atomic E-state index is 11.2. The number of benzene rings is 1. The second kappa shape index (κ2) is 4.48. The summed E-state index contributed by atoms with van der Waals surface area (Å²) in [7, 11) is 0. The molecule has 14 heavy (non-hydrogen) atoms. The van der Waals surface area contributed by atoms with E-state index in [1.165, 1.54) is 5.56 Å². The Morgan fingerprint density at radius 1 is 1.43 bits per heavy atom. The first-order valence-corrected chi connectivity index (χ1v) is 5.58. The van der Waals surface area contributed by atoms with Crippen molar-refractivity contribution >= 4 is 17.7 Å². The van der Waals surface area contributed by atoms with E-state index in [9.17, 15) is 4.79 Å². The van der Waals surface area contributed by atoms with Crippen molar-refractivity contribution in [2.45, 2.75) is 11.9 Å². The Hall–Kier alpha value is -1.00. The van der Waals surface area contributed by atoms with E-state index < -0.39 is 0 Å². The van der Waals surface area contributed by atoms with Crippen LogP contribution in [-0.4, -0.2) is 17.2 Å². The molecule has 0 spiro atoms. The molecule has 4 heteroatoms. The molecule has 1 saturated heterocycles. The highest BCUT2D eigenvalue weighted by atomic mass is 32.2. The Morgan fingerprint density at radius 3 is 2.86 bits per heavy atom. The minimum absolute atomic E-state index is 0.0878. The van der Waals surface area contributed by atoms with Crippen LogP contribution in [-0.2, 0) is 11.3 Å². The maximum Gasteiger partial charge on any atom is 0.248 e. The Bertz CT molecular complexity index is 315. The molecule has 2 rings (SSSR count). The standard InChI is InChI=1S/C10H12N2OS/c13-9-10(14-7-12-9)11-6-8-4-2-1-3-5-8/h1-5,10-11H,6-7H2,(H,12,13). The average Bonchev–Trinajstić information content (AvgIpc) is 2.63. The van der Waals surface area contributed by atoms with Gasteiger partial charge in [-0.15, -0.1) is 11.8 Å². The van der Waals surface area contributed by atoms with Crippen LogP contribution >= 0.6 is 11.8 Å². The van der Waals surface area contributed by atoms with Gasteiger partial charge in [-0.1, -0.05) is 30.3 Å². The molecule has 3 nitrogen and oxygen atoms in total. The third-order valence-electron chi connectivity index (χ3n) is 2.07. The minimum atomic E-state index is -0.0878. The molecule has 1 aromatic carbocycles.